The van der Waals surface area contributed by atoms with E-state index in [0.29, 0.717) is 11.4 Å². The molecule has 0 saturated carbocycles. The molecule has 1 heterocycles. The Kier molecular flexibility index (Phi) is 3.77. The van der Waals surface area contributed by atoms with Gasteiger partial charge in [-0.25, -0.2) is 0 Å². The molecule has 0 radical (unpaired) electrons. The fraction of sp³-hybridized carbons (Fsp3) is 0.417. The normalized spacial score (nSPS) is 15.6. The molecule has 2 N–H and O–H groups in total. The SMILES string of the molecule is CC(=O)Nc1ccc(S(=O)(=O)O)c(N2CCCC2)c1. The molecule has 0 bridgehead atoms. The van der Waals surface area contributed by atoms with Gasteiger partial charge in [0.1, 0.15) is 4.90 Å². The lowest BCUT2D eigenvalue weighted by molar-refractivity contribution is -0.114. The zero-order valence-electron chi connectivity index (χ0n) is 10.6. The molecule has 0 atom stereocenters. The molecule has 0 spiro atoms. The van der Waals surface area contributed by atoms with E-state index in [2.05, 4.69) is 5.32 Å². The average Bonchev–Trinajstić information content (AvgIpc) is 2.79. The lowest BCUT2D eigenvalue weighted by Gasteiger charge is -2.21. The first-order valence-electron chi connectivity index (χ1n) is 6.02. The van der Waals surface area contributed by atoms with Crippen molar-refractivity contribution < 1.29 is 17.8 Å². The van der Waals surface area contributed by atoms with Crippen LogP contribution in [0.2, 0.25) is 0 Å². The summed E-state index contributed by atoms with van der Waals surface area (Å²) in [5.41, 5.74) is 0.952. The van der Waals surface area contributed by atoms with E-state index in [0.717, 1.165) is 25.9 Å². The second-order valence-corrected chi connectivity index (χ2v) is 5.92. The van der Waals surface area contributed by atoms with E-state index in [1.54, 1.807) is 6.07 Å². The first-order chi connectivity index (χ1) is 8.88. The third kappa shape index (κ3) is 3.24. The summed E-state index contributed by atoms with van der Waals surface area (Å²) in [4.78, 5) is 12.8. The van der Waals surface area contributed by atoms with Crippen molar-refractivity contribution in [3.05, 3.63) is 18.2 Å². The van der Waals surface area contributed by atoms with E-state index in [1.807, 2.05) is 4.90 Å². The Balaban J connectivity index is 2.46. The molecule has 1 aliphatic rings. The molecule has 0 unspecified atom stereocenters. The highest BCUT2D eigenvalue weighted by molar-refractivity contribution is 7.86. The van der Waals surface area contributed by atoms with Crippen molar-refractivity contribution in [3.63, 3.8) is 0 Å². The third-order valence-corrected chi connectivity index (χ3v) is 3.90. The van der Waals surface area contributed by atoms with Gasteiger partial charge in [-0.05, 0) is 31.0 Å². The van der Waals surface area contributed by atoms with Crippen LogP contribution in [0, 0.1) is 0 Å². The molecule has 0 aromatic heterocycles. The number of anilines is 2. The summed E-state index contributed by atoms with van der Waals surface area (Å²) in [5, 5.41) is 2.61. The summed E-state index contributed by atoms with van der Waals surface area (Å²) in [5.74, 6) is -0.230. The van der Waals surface area contributed by atoms with Crippen LogP contribution in [0.4, 0.5) is 11.4 Å². The fourth-order valence-electron chi connectivity index (χ4n) is 2.22. The predicted octanol–water partition coefficient (Wildman–Crippen LogP) is 1.49. The van der Waals surface area contributed by atoms with Crippen molar-refractivity contribution in [3.8, 4) is 0 Å². The highest BCUT2D eigenvalue weighted by Crippen LogP contribution is 2.31. The average molecular weight is 284 g/mol. The van der Waals surface area contributed by atoms with Gasteiger partial charge >= 0.3 is 0 Å². The van der Waals surface area contributed by atoms with E-state index < -0.39 is 10.1 Å². The Morgan fingerprint density at radius 1 is 1.32 bits per heavy atom. The molecular formula is C12H16N2O4S. The van der Waals surface area contributed by atoms with Crippen LogP contribution in [0.25, 0.3) is 0 Å². The molecule has 1 saturated heterocycles. The molecule has 0 aliphatic carbocycles. The number of amides is 1. The summed E-state index contributed by atoms with van der Waals surface area (Å²) >= 11 is 0. The lowest BCUT2D eigenvalue weighted by Crippen LogP contribution is -2.21. The van der Waals surface area contributed by atoms with Crippen LogP contribution in [0.3, 0.4) is 0 Å². The van der Waals surface area contributed by atoms with Gasteiger partial charge in [0.15, 0.2) is 0 Å². The molecule has 2 rings (SSSR count). The molecule has 19 heavy (non-hydrogen) atoms. The Labute approximate surface area is 112 Å². The zero-order valence-corrected chi connectivity index (χ0v) is 11.4. The zero-order chi connectivity index (χ0) is 14.0. The number of hydrogen-bond donors (Lipinski definition) is 2. The smallest absolute Gasteiger partial charge is 0.296 e. The summed E-state index contributed by atoms with van der Waals surface area (Å²) in [6.07, 6.45) is 1.96. The van der Waals surface area contributed by atoms with Crippen molar-refractivity contribution in [2.75, 3.05) is 23.3 Å². The van der Waals surface area contributed by atoms with Gasteiger partial charge in [-0.1, -0.05) is 0 Å². The summed E-state index contributed by atoms with van der Waals surface area (Å²) in [7, 11) is -4.27. The molecule has 104 valence electrons. The Bertz CT molecular complexity index is 592. The molecule has 1 aromatic rings. The van der Waals surface area contributed by atoms with E-state index in [9.17, 15) is 17.8 Å². The molecule has 1 amide bonds. The molecule has 1 fully saturated rings. The van der Waals surface area contributed by atoms with Gasteiger partial charge < -0.3 is 10.2 Å². The summed E-state index contributed by atoms with van der Waals surface area (Å²) in [6.45, 7) is 2.87. The number of nitrogens with one attached hydrogen (secondary N) is 1. The van der Waals surface area contributed by atoms with Gasteiger partial charge in [0.2, 0.25) is 5.91 Å². The van der Waals surface area contributed by atoms with Crippen molar-refractivity contribution in [1.29, 1.82) is 0 Å². The predicted molar refractivity (Wildman–Crippen MR) is 72.0 cm³/mol. The standard InChI is InChI=1S/C12H16N2O4S/c1-9(15)13-10-4-5-12(19(16,17)18)11(8-10)14-6-2-3-7-14/h4-5,8H,2-3,6-7H2,1H3,(H,13,15)(H,16,17,18). The number of hydrogen-bond acceptors (Lipinski definition) is 4. The molecule has 1 aromatic carbocycles. The van der Waals surface area contributed by atoms with Gasteiger partial charge in [0.25, 0.3) is 10.1 Å². The highest BCUT2D eigenvalue weighted by atomic mass is 32.2. The number of nitrogens with zero attached hydrogens (tertiary/aromatic N) is 1. The third-order valence-electron chi connectivity index (χ3n) is 3.00. The molecule has 1 aliphatic heterocycles. The number of rotatable bonds is 3. The minimum atomic E-state index is -4.27. The van der Waals surface area contributed by atoms with E-state index in [1.165, 1.54) is 19.1 Å². The Morgan fingerprint density at radius 3 is 2.47 bits per heavy atom. The highest BCUT2D eigenvalue weighted by Gasteiger charge is 2.22. The van der Waals surface area contributed by atoms with Gasteiger partial charge in [0, 0.05) is 25.7 Å². The number of benzene rings is 1. The van der Waals surface area contributed by atoms with Crippen molar-refractivity contribution in [2.45, 2.75) is 24.7 Å². The Morgan fingerprint density at radius 2 is 1.95 bits per heavy atom. The first kappa shape index (κ1) is 13.8. The van der Waals surface area contributed by atoms with E-state index >= 15 is 0 Å². The number of carbonyl (C=O) groups is 1. The van der Waals surface area contributed by atoms with Crippen LogP contribution in [-0.2, 0) is 14.9 Å². The number of carbonyl (C=O) groups excluding carboxylic acids is 1. The van der Waals surface area contributed by atoms with Gasteiger partial charge in [-0.15, -0.1) is 0 Å². The minimum absolute atomic E-state index is 0.122. The van der Waals surface area contributed by atoms with Crippen LogP contribution in [0.15, 0.2) is 23.1 Å². The maximum absolute atomic E-state index is 11.4. The Hall–Kier alpha value is -1.60. The molecule has 7 heteroatoms. The van der Waals surface area contributed by atoms with Crippen molar-refractivity contribution in [2.24, 2.45) is 0 Å². The summed E-state index contributed by atoms with van der Waals surface area (Å²) < 4.78 is 32.0. The summed E-state index contributed by atoms with van der Waals surface area (Å²) in [6, 6.07) is 4.36. The maximum atomic E-state index is 11.4. The second kappa shape index (κ2) is 5.18. The van der Waals surface area contributed by atoms with Crippen LogP contribution < -0.4 is 10.2 Å². The van der Waals surface area contributed by atoms with Crippen LogP contribution in [-0.4, -0.2) is 32.0 Å². The van der Waals surface area contributed by atoms with Crippen LogP contribution >= 0.6 is 0 Å². The second-order valence-electron chi connectivity index (χ2n) is 4.53. The van der Waals surface area contributed by atoms with Gasteiger partial charge in [0.05, 0.1) is 5.69 Å². The van der Waals surface area contributed by atoms with E-state index in [4.69, 9.17) is 0 Å². The lowest BCUT2D eigenvalue weighted by atomic mass is 10.2. The van der Waals surface area contributed by atoms with Gasteiger partial charge in [-0.2, -0.15) is 8.42 Å². The van der Waals surface area contributed by atoms with Crippen molar-refractivity contribution >= 4 is 27.4 Å². The van der Waals surface area contributed by atoms with Crippen LogP contribution in [0.5, 0.6) is 0 Å². The monoisotopic (exact) mass is 284 g/mol. The minimum Gasteiger partial charge on any atom is -0.370 e. The molecule has 6 nitrogen and oxygen atoms in total. The van der Waals surface area contributed by atoms with Crippen molar-refractivity contribution in [1.82, 2.24) is 0 Å². The quantitative estimate of drug-likeness (QED) is 0.821. The fourth-order valence-corrected chi connectivity index (χ4v) is 2.91. The largest absolute Gasteiger partial charge is 0.370 e. The molecular weight excluding hydrogens is 268 g/mol. The maximum Gasteiger partial charge on any atom is 0.296 e. The topological polar surface area (TPSA) is 86.7 Å². The van der Waals surface area contributed by atoms with Gasteiger partial charge in [-0.3, -0.25) is 9.35 Å². The first-order valence-corrected chi connectivity index (χ1v) is 7.46. The van der Waals surface area contributed by atoms with Crippen LogP contribution in [0.1, 0.15) is 19.8 Å². The van der Waals surface area contributed by atoms with E-state index in [-0.39, 0.29) is 10.8 Å².